The van der Waals surface area contributed by atoms with Gasteiger partial charge in [-0.25, -0.2) is 19.0 Å². The van der Waals surface area contributed by atoms with Crippen LogP contribution in [0.15, 0.2) is 67.3 Å². The maximum Gasteiger partial charge on any atom is 0.148 e. The molecule has 31 heavy (non-hydrogen) atoms. The van der Waals surface area contributed by atoms with Gasteiger partial charge in [0.2, 0.25) is 0 Å². The standard InChI is InChI=1S/C22H20FN7O/c1-14(19-12-30(29-28-19)20-9-4-3-8-18(20)23)27-22-17(11-25-13-26-22)21(24)15-6-5-7-16(10-15)31-2/h3-14,24H,1-2H3,(H,25,26,27). The summed E-state index contributed by atoms with van der Waals surface area (Å²) in [6.07, 6.45) is 4.65. The van der Waals surface area contributed by atoms with Crippen LogP contribution in [0.2, 0.25) is 0 Å². The van der Waals surface area contributed by atoms with E-state index in [4.69, 9.17) is 10.1 Å². The molecule has 0 fully saturated rings. The van der Waals surface area contributed by atoms with Crippen molar-refractivity contribution in [2.75, 3.05) is 12.4 Å². The van der Waals surface area contributed by atoms with E-state index >= 15 is 0 Å². The lowest BCUT2D eigenvalue weighted by atomic mass is 10.0. The first-order valence-electron chi connectivity index (χ1n) is 9.54. The van der Waals surface area contributed by atoms with Gasteiger partial charge >= 0.3 is 0 Å². The zero-order valence-electron chi connectivity index (χ0n) is 17.0. The van der Waals surface area contributed by atoms with Gasteiger partial charge in [-0.3, -0.25) is 5.41 Å². The number of para-hydroxylation sites is 1. The van der Waals surface area contributed by atoms with Crippen LogP contribution in [0.4, 0.5) is 10.2 Å². The summed E-state index contributed by atoms with van der Waals surface area (Å²) in [5.74, 6) is 0.756. The number of rotatable bonds is 7. The van der Waals surface area contributed by atoms with Gasteiger partial charge in [0.25, 0.3) is 0 Å². The van der Waals surface area contributed by atoms with Gasteiger partial charge < -0.3 is 10.1 Å². The number of benzene rings is 2. The van der Waals surface area contributed by atoms with E-state index in [0.29, 0.717) is 34.1 Å². The average molecular weight is 417 g/mol. The van der Waals surface area contributed by atoms with Crippen LogP contribution in [-0.2, 0) is 0 Å². The molecule has 2 heterocycles. The highest BCUT2D eigenvalue weighted by molar-refractivity contribution is 6.13. The number of halogens is 1. The lowest BCUT2D eigenvalue weighted by Crippen LogP contribution is -2.14. The van der Waals surface area contributed by atoms with Crippen molar-refractivity contribution in [2.45, 2.75) is 13.0 Å². The molecule has 1 unspecified atom stereocenters. The first kappa shape index (κ1) is 20.1. The second-order valence-electron chi connectivity index (χ2n) is 6.80. The number of anilines is 1. The molecular formula is C22H20FN7O. The Bertz CT molecular complexity index is 1220. The predicted octanol–water partition coefficient (Wildman–Crippen LogP) is 3.79. The fourth-order valence-corrected chi connectivity index (χ4v) is 3.07. The molecule has 0 saturated carbocycles. The van der Waals surface area contributed by atoms with Gasteiger partial charge in [0.1, 0.15) is 35.1 Å². The van der Waals surface area contributed by atoms with Crippen LogP contribution in [0, 0.1) is 11.2 Å². The third-order valence-corrected chi connectivity index (χ3v) is 4.75. The van der Waals surface area contributed by atoms with E-state index in [1.165, 1.54) is 17.1 Å². The van der Waals surface area contributed by atoms with E-state index in [9.17, 15) is 4.39 Å². The zero-order chi connectivity index (χ0) is 21.8. The summed E-state index contributed by atoms with van der Waals surface area (Å²) in [6, 6.07) is 13.3. The smallest absolute Gasteiger partial charge is 0.148 e. The normalized spacial score (nSPS) is 11.7. The van der Waals surface area contributed by atoms with Crippen molar-refractivity contribution >= 4 is 11.5 Å². The molecule has 0 spiro atoms. The van der Waals surface area contributed by atoms with E-state index < -0.39 is 0 Å². The largest absolute Gasteiger partial charge is 0.497 e. The maximum atomic E-state index is 14.0. The Morgan fingerprint density at radius 2 is 2.03 bits per heavy atom. The highest BCUT2D eigenvalue weighted by Gasteiger charge is 2.17. The van der Waals surface area contributed by atoms with Gasteiger partial charge in [-0.1, -0.05) is 29.5 Å². The topological polar surface area (TPSA) is 102 Å². The van der Waals surface area contributed by atoms with Crippen LogP contribution >= 0.6 is 0 Å². The molecule has 4 aromatic rings. The van der Waals surface area contributed by atoms with Crippen molar-refractivity contribution in [1.29, 1.82) is 5.41 Å². The molecule has 0 saturated heterocycles. The van der Waals surface area contributed by atoms with Crippen LogP contribution in [0.25, 0.3) is 5.69 Å². The predicted molar refractivity (Wildman–Crippen MR) is 114 cm³/mol. The third-order valence-electron chi connectivity index (χ3n) is 4.75. The number of hydrogen-bond donors (Lipinski definition) is 2. The lowest BCUT2D eigenvalue weighted by Gasteiger charge is -2.15. The number of ether oxygens (including phenoxy) is 1. The van der Waals surface area contributed by atoms with Crippen molar-refractivity contribution in [3.63, 3.8) is 0 Å². The van der Waals surface area contributed by atoms with Crippen molar-refractivity contribution in [3.8, 4) is 11.4 Å². The van der Waals surface area contributed by atoms with Crippen molar-refractivity contribution in [2.24, 2.45) is 0 Å². The second kappa shape index (κ2) is 8.70. The quantitative estimate of drug-likeness (QED) is 0.444. The fraction of sp³-hybridized carbons (Fsp3) is 0.136. The van der Waals surface area contributed by atoms with Gasteiger partial charge in [0.05, 0.1) is 30.6 Å². The number of nitrogens with one attached hydrogen (secondary N) is 2. The molecule has 2 N–H and O–H groups in total. The van der Waals surface area contributed by atoms with Crippen molar-refractivity contribution < 1.29 is 9.13 Å². The van der Waals surface area contributed by atoms with Gasteiger partial charge in [-0.2, -0.15) is 0 Å². The Balaban J connectivity index is 1.58. The Labute approximate surface area is 178 Å². The van der Waals surface area contributed by atoms with Crippen molar-refractivity contribution in [3.05, 3.63) is 89.9 Å². The van der Waals surface area contributed by atoms with Gasteiger partial charge in [0.15, 0.2) is 0 Å². The molecule has 1 atom stereocenters. The Kier molecular flexibility index (Phi) is 5.65. The van der Waals surface area contributed by atoms with Gasteiger partial charge in [-0.15, -0.1) is 5.10 Å². The number of aromatic nitrogens is 5. The summed E-state index contributed by atoms with van der Waals surface area (Å²) >= 11 is 0. The SMILES string of the molecule is COc1cccc(C(=N)c2cncnc2NC(C)c2cn(-c3ccccc3F)nn2)c1. The highest BCUT2D eigenvalue weighted by Crippen LogP contribution is 2.23. The monoisotopic (exact) mass is 417 g/mol. The number of nitrogens with zero attached hydrogens (tertiary/aromatic N) is 5. The minimum Gasteiger partial charge on any atom is -0.497 e. The van der Waals surface area contributed by atoms with E-state index in [1.807, 2.05) is 25.1 Å². The van der Waals surface area contributed by atoms with E-state index in [1.54, 1.807) is 43.8 Å². The molecule has 8 nitrogen and oxygen atoms in total. The van der Waals surface area contributed by atoms with E-state index in [2.05, 4.69) is 25.6 Å². The van der Waals surface area contributed by atoms with Gasteiger partial charge in [-0.05, 0) is 31.2 Å². The van der Waals surface area contributed by atoms with Crippen LogP contribution in [-0.4, -0.2) is 37.8 Å². The van der Waals surface area contributed by atoms with Crippen LogP contribution in [0.1, 0.15) is 29.8 Å². The third kappa shape index (κ3) is 4.25. The Morgan fingerprint density at radius 1 is 1.19 bits per heavy atom. The molecule has 0 aliphatic rings. The minimum absolute atomic E-state index is 0.254. The summed E-state index contributed by atoms with van der Waals surface area (Å²) in [6.45, 7) is 1.89. The molecule has 156 valence electrons. The zero-order valence-corrected chi connectivity index (χ0v) is 17.0. The fourth-order valence-electron chi connectivity index (χ4n) is 3.07. The first-order chi connectivity index (χ1) is 15.1. The van der Waals surface area contributed by atoms with Crippen LogP contribution in [0.3, 0.4) is 0 Å². The molecule has 0 bridgehead atoms. The van der Waals surface area contributed by atoms with Crippen molar-refractivity contribution in [1.82, 2.24) is 25.0 Å². The molecule has 2 aromatic heterocycles. The molecule has 4 rings (SSSR count). The molecule has 0 aliphatic heterocycles. The molecular weight excluding hydrogens is 397 g/mol. The van der Waals surface area contributed by atoms with Gasteiger partial charge in [0, 0.05) is 11.8 Å². The van der Waals surface area contributed by atoms with E-state index in [0.717, 1.165) is 0 Å². The van der Waals surface area contributed by atoms with Crippen LogP contribution < -0.4 is 10.1 Å². The van der Waals surface area contributed by atoms with Crippen LogP contribution in [0.5, 0.6) is 5.75 Å². The molecule has 9 heteroatoms. The molecule has 0 radical (unpaired) electrons. The lowest BCUT2D eigenvalue weighted by molar-refractivity contribution is 0.414. The Hall–Kier alpha value is -4.14. The number of methoxy groups -OCH3 is 1. The first-order valence-corrected chi connectivity index (χ1v) is 9.54. The summed E-state index contributed by atoms with van der Waals surface area (Å²) < 4.78 is 20.7. The summed E-state index contributed by atoms with van der Waals surface area (Å²) in [5.41, 5.74) is 2.38. The summed E-state index contributed by atoms with van der Waals surface area (Å²) in [4.78, 5) is 8.37. The Morgan fingerprint density at radius 3 is 2.84 bits per heavy atom. The molecule has 0 amide bonds. The second-order valence-corrected chi connectivity index (χ2v) is 6.80. The minimum atomic E-state index is -0.385. The highest BCUT2D eigenvalue weighted by atomic mass is 19.1. The average Bonchev–Trinajstić information content (AvgIpc) is 3.29. The molecule has 0 aliphatic carbocycles. The summed E-state index contributed by atoms with van der Waals surface area (Å²) in [7, 11) is 1.58. The maximum absolute atomic E-state index is 14.0. The summed E-state index contributed by atoms with van der Waals surface area (Å²) in [5, 5.41) is 20.1. The molecule has 2 aromatic carbocycles. The number of hydrogen-bond acceptors (Lipinski definition) is 7. The van der Waals surface area contributed by atoms with E-state index in [-0.39, 0.29) is 17.6 Å².